The number of rotatable bonds is 2. The van der Waals surface area contributed by atoms with Crippen molar-refractivity contribution in [3.63, 3.8) is 0 Å². The number of para-hydroxylation sites is 1. The molecule has 3 heterocycles. The van der Waals surface area contributed by atoms with Gasteiger partial charge in [0.2, 0.25) is 0 Å². The van der Waals surface area contributed by atoms with Crippen molar-refractivity contribution in [3.8, 4) is 0 Å². The maximum Gasteiger partial charge on any atom is 0.149 e. The highest BCUT2D eigenvalue weighted by atomic mass is 32.2. The van der Waals surface area contributed by atoms with Crippen LogP contribution in [0, 0.1) is 0 Å². The molecule has 0 fully saturated rings. The number of hydrogen-bond acceptors (Lipinski definition) is 4. The topological polar surface area (TPSA) is 25.2 Å². The lowest BCUT2D eigenvalue weighted by molar-refractivity contribution is 0.553. The van der Waals surface area contributed by atoms with Crippen LogP contribution in [0.2, 0.25) is 0 Å². The van der Waals surface area contributed by atoms with Crippen LogP contribution in [0.4, 0.5) is 5.69 Å². The van der Waals surface area contributed by atoms with Gasteiger partial charge in [0.25, 0.3) is 0 Å². The number of benzene rings is 1. The normalized spacial score (nSPS) is 17.5. The van der Waals surface area contributed by atoms with E-state index in [2.05, 4.69) is 53.2 Å². The third-order valence-electron chi connectivity index (χ3n) is 3.34. The lowest BCUT2D eigenvalue weighted by Crippen LogP contribution is -1.97. The molecule has 0 spiro atoms. The van der Waals surface area contributed by atoms with Crippen LogP contribution in [0.3, 0.4) is 0 Å². The monoisotopic (exact) mass is 311 g/mol. The molecule has 1 aliphatic heterocycles. The van der Waals surface area contributed by atoms with Crippen LogP contribution in [-0.2, 0) is 0 Å². The average Bonchev–Trinajstić information content (AvgIpc) is 3.17. The van der Waals surface area contributed by atoms with Crippen molar-refractivity contribution in [1.29, 1.82) is 0 Å². The first-order valence-corrected chi connectivity index (χ1v) is 8.48. The van der Waals surface area contributed by atoms with Crippen molar-refractivity contribution >= 4 is 34.5 Å². The second kappa shape index (κ2) is 5.47. The largest absolute Gasteiger partial charge is 0.463 e. The summed E-state index contributed by atoms with van der Waals surface area (Å²) < 4.78 is 5.57. The van der Waals surface area contributed by atoms with E-state index in [1.807, 2.05) is 23.9 Å². The Bertz CT molecular complexity index is 760. The molecule has 4 heteroatoms. The lowest BCUT2D eigenvalue weighted by Gasteiger charge is -2.09. The zero-order chi connectivity index (χ0) is 14.1. The second-order valence-electron chi connectivity index (χ2n) is 4.73. The lowest BCUT2D eigenvalue weighted by atomic mass is 10.2. The maximum atomic E-state index is 5.57. The van der Waals surface area contributed by atoms with Crippen LogP contribution >= 0.6 is 23.1 Å². The summed E-state index contributed by atoms with van der Waals surface area (Å²) >= 11 is 3.66. The average molecular weight is 311 g/mol. The predicted octanol–water partition coefficient (Wildman–Crippen LogP) is 5.64. The van der Waals surface area contributed by atoms with Crippen LogP contribution in [0.1, 0.15) is 15.9 Å². The van der Waals surface area contributed by atoms with Crippen LogP contribution in [-0.4, -0.2) is 0 Å². The van der Waals surface area contributed by atoms with Crippen molar-refractivity contribution in [2.75, 3.05) is 5.32 Å². The summed E-state index contributed by atoms with van der Waals surface area (Å²) in [6, 6.07) is 16.6. The Labute approximate surface area is 131 Å². The minimum Gasteiger partial charge on any atom is -0.463 e. The van der Waals surface area contributed by atoms with Crippen LogP contribution < -0.4 is 5.32 Å². The molecule has 2 aromatic heterocycles. The van der Waals surface area contributed by atoms with Gasteiger partial charge in [-0.15, -0.1) is 23.1 Å². The fraction of sp³-hybridized carbons (Fsp3) is 0.0588. The Morgan fingerprint density at radius 1 is 1.00 bits per heavy atom. The van der Waals surface area contributed by atoms with E-state index in [0.717, 1.165) is 17.1 Å². The minimum absolute atomic E-state index is 0.293. The highest BCUT2D eigenvalue weighted by Gasteiger charge is 2.20. The van der Waals surface area contributed by atoms with Crippen LogP contribution in [0.5, 0.6) is 0 Å². The molecule has 3 aromatic rings. The Morgan fingerprint density at radius 3 is 2.76 bits per heavy atom. The van der Waals surface area contributed by atoms with Crippen LogP contribution in [0.25, 0.3) is 5.70 Å². The standard InChI is InChI=1S/C17H13NOS2/c1-2-7-15-12(5-1)18-13(14-6-3-9-19-14)11-17(21-15)16-8-4-10-20-16/h1-11,17-18H. The highest BCUT2D eigenvalue weighted by molar-refractivity contribution is 8.00. The third kappa shape index (κ3) is 2.52. The Balaban J connectivity index is 1.82. The number of fused-ring (bicyclic) bond motifs is 1. The van der Waals surface area contributed by atoms with Crippen molar-refractivity contribution in [3.05, 3.63) is 76.9 Å². The molecular formula is C17H13NOS2. The smallest absolute Gasteiger partial charge is 0.149 e. The fourth-order valence-corrected chi connectivity index (χ4v) is 4.41. The summed E-state index contributed by atoms with van der Waals surface area (Å²) in [5.41, 5.74) is 2.15. The van der Waals surface area contributed by atoms with Gasteiger partial charge in [0.1, 0.15) is 5.76 Å². The number of nitrogens with one attached hydrogen (secondary N) is 1. The van der Waals surface area contributed by atoms with E-state index in [0.29, 0.717) is 5.25 Å². The van der Waals surface area contributed by atoms with Gasteiger partial charge in [0.15, 0.2) is 0 Å². The summed E-state index contributed by atoms with van der Waals surface area (Å²) in [6.45, 7) is 0. The number of thioether (sulfide) groups is 1. The molecule has 1 N–H and O–H groups in total. The quantitative estimate of drug-likeness (QED) is 0.663. The molecule has 1 aromatic carbocycles. The van der Waals surface area contributed by atoms with E-state index in [4.69, 9.17) is 4.42 Å². The van der Waals surface area contributed by atoms with Gasteiger partial charge < -0.3 is 9.73 Å². The van der Waals surface area contributed by atoms with Gasteiger partial charge in [0, 0.05) is 9.77 Å². The molecule has 0 bridgehead atoms. The molecule has 0 aliphatic carbocycles. The molecular weight excluding hydrogens is 298 g/mol. The third-order valence-corrected chi connectivity index (χ3v) is 5.70. The molecule has 1 unspecified atom stereocenters. The van der Waals surface area contributed by atoms with E-state index < -0.39 is 0 Å². The van der Waals surface area contributed by atoms with E-state index in [-0.39, 0.29) is 0 Å². The first-order valence-electron chi connectivity index (χ1n) is 6.72. The van der Waals surface area contributed by atoms with Crippen molar-refractivity contribution in [2.45, 2.75) is 10.1 Å². The molecule has 0 amide bonds. The zero-order valence-corrected chi connectivity index (χ0v) is 12.8. The summed E-state index contributed by atoms with van der Waals surface area (Å²) in [5, 5.41) is 5.92. The number of hydrogen-bond donors (Lipinski definition) is 1. The van der Waals surface area contributed by atoms with E-state index in [9.17, 15) is 0 Å². The number of anilines is 1. The summed E-state index contributed by atoms with van der Waals surface area (Å²) in [4.78, 5) is 2.61. The van der Waals surface area contributed by atoms with E-state index in [1.165, 1.54) is 9.77 Å². The first-order chi connectivity index (χ1) is 10.4. The molecule has 1 aliphatic rings. The van der Waals surface area contributed by atoms with Crippen molar-refractivity contribution < 1.29 is 4.42 Å². The molecule has 21 heavy (non-hydrogen) atoms. The summed E-state index contributed by atoms with van der Waals surface area (Å²) in [5.74, 6) is 0.869. The number of thiophene rings is 1. The van der Waals surface area contributed by atoms with Gasteiger partial charge in [0.05, 0.1) is 22.9 Å². The second-order valence-corrected chi connectivity index (χ2v) is 6.90. The fourth-order valence-electron chi connectivity index (χ4n) is 2.35. The van der Waals surface area contributed by atoms with Gasteiger partial charge in [-0.25, -0.2) is 0 Å². The summed E-state index contributed by atoms with van der Waals surface area (Å²) in [6.07, 6.45) is 3.96. The Kier molecular flexibility index (Phi) is 3.33. The van der Waals surface area contributed by atoms with Gasteiger partial charge in [-0.3, -0.25) is 0 Å². The molecule has 0 saturated carbocycles. The van der Waals surface area contributed by atoms with Gasteiger partial charge in [-0.1, -0.05) is 18.2 Å². The highest BCUT2D eigenvalue weighted by Crippen LogP contribution is 2.45. The predicted molar refractivity (Wildman–Crippen MR) is 89.7 cm³/mol. The SMILES string of the molecule is C1=C(c2ccco2)Nc2ccccc2SC1c1cccs1. The van der Waals surface area contributed by atoms with Crippen molar-refractivity contribution in [2.24, 2.45) is 0 Å². The molecule has 1 atom stereocenters. The van der Waals surface area contributed by atoms with Gasteiger partial charge >= 0.3 is 0 Å². The molecule has 2 nitrogen and oxygen atoms in total. The minimum atomic E-state index is 0.293. The van der Waals surface area contributed by atoms with E-state index in [1.54, 1.807) is 17.6 Å². The van der Waals surface area contributed by atoms with Gasteiger partial charge in [-0.05, 0) is 41.8 Å². The van der Waals surface area contributed by atoms with E-state index >= 15 is 0 Å². The zero-order valence-electron chi connectivity index (χ0n) is 11.2. The molecule has 0 saturated heterocycles. The first kappa shape index (κ1) is 12.8. The molecule has 0 radical (unpaired) electrons. The Morgan fingerprint density at radius 2 is 1.95 bits per heavy atom. The van der Waals surface area contributed by atoms with Gasteiger partial charge in [-0.2, -0.15) is 0 Å². The van der Waals surface area contributed by atoms with Crippen LogP contribution in [0.15, 0.2) is 75.6 Å². The Hall–Kier alpha value is -1.91. The molecule has 4 rings (SSSR count). The maximum absolute atomic E-state index is 5.57. The summed E-state index contributed by atoms with van der Waals surface area (Å²) in [7, 11) is 0. The van der Waals surface area contributed by atoms with Crippen molar-refractivity contribution in [1.82, 2.24) is 0 Å². The number of furan rings is 1. The molecule has 104 valence electrons.